The largest absolute Gasteiger partial charge is 0.486 e. The highest BCUT2D eigenvalue weighted by molar-refractivity contribution is 7.09. The quantitative estimate of drug-likeness (QED) is 0.448. The summed E-state index contributed by atoms with van der Waals surface area (Å²) in [5, 5.41) is 2.94. The summed E-state index contributed by atoms with van der Waals surface area (Å²) >= 11 is 1.57. The van der Waals surface area contributed by atoms with Crippen LogP contribution < -0.4 is 4.74 Å². The molecule has 180 valence electrons. The lowest BCUT2D eigenvalue weighted by atomic mass is 10.1. The van der Waals surface area contributed by atoms with Crippen LogP contribution in [0.1, 0.15) is 37.7 Å². The molecular formula is C27H33N3O3S. The Morgan fingerprint density at radius 1 is 1.09 bits per heavy atom. The van der Waals surface area contributed by atoms with E-state index in [4.69, 9.17) is 14.5 Å². The molecule has 1 amide bonds. The van der Waals surface area contributed by atoms with Crippen molar-refractivity contribution in [2.45, 2.75) is 33.9 Å². The van der Waals surface area contributed by atoms with Crippen molar-refractivity contribution >= 4 is 17.2 Å². The molecule has 0 bridgehead atoms. The van der Waals surface area contributed by atoms with E-state index in [-0.39, 0.29) is 5.91 Å². The molecule has 0 N–H and O–H groups in total. The van der Waals surface area contributed by atoms with Crippen LogP contribution >= 0.6 is 11.3 Å². The van der Waals surface area contributed by atoms with Gasteiger partial charge in [0.05, 0.1) is 25.5 Å². The van der Waals surface area contributed by atoms with E-state index in [0.717, 1.165) is 60.4 Å². The van der Waals surface area contributed by atoms with Crippen LogP contribution in [-0.2, 0) is 17.9 Å². The molecule has 0 atom stereocenters. The Kier molecular flexibility index (Phi) is 8.32. The van der Waals surface area contributed by atoms with E-state index >= 15 is 0 Å². The number of rotatable bonds is 9. The first-order valence-corrected chi connectivity index (χ1v) is 12.7. The van der Waals surface area contributed by atoms with E-state index in [2.05, 4.69) is 30.9 Å². The number of thiazole rings is 1. The van der Waals surface area contributed by atoms with Crippen molar-refractivity contribution in [1.82, 2.24) is 14.8 Å². The molecule has 0 radical (unpaired) electrons. The van der Waals surface area contributed by atoms with Crippen LogP contribution in [-0.4, -0.2) is 60.1 Å². The Morgan fingerprint density at radius 3 is 2.65 bits per heavy atom. The topological polar surface area (TPSA) is 54.9 Å². The normalized spacial score (nSPS) is 14.2. The second-order valence-corrected chi connectivity index (χ2v) is 9.71. The van der Waals surface area contributed by atoms with Crippen molar-refractivity contribution in [3.8, 4) is 5.75 Å². The van der Waals surface area contributed by atoms with Gasteiger partial charge in [0.25, 0.3) is 5.91 Å². The zero-order chi connectivity index (χ0) is 23.9. The minimum Gasteiger partial charge on any atom is -0.486 e. The Bertz CT molecular complexity index is 1110. The molecule has 0 unspecified atom stereocenters. The number of hydrogen-bond acceptors (Lipinski definition) is 6. The maximum Gasteiger partial charge on any atom is 0.254 e. The summed E-state index contributed by atoms with van der Waals surface area (Å²) in [5.74, 6) is 0.897. The van der Waals surface area contributed by atoms with Gasteiger partial charge in [-0.05, 0) is 55.7 Å². The van der Waals surface area contributed by atoms with Crippen LogP contribution in [0, 0.1) is 20.8 Å². The maximum absolute atomic E-state index is 13.5. The molecular weight excluding hydrogens is 446 g/mol. The molecule has 1 fully saturated rings. The summed E-state index contributed by atoms with van der Waals surface area (Å²) in [6.07, 6.45) is 0. The molecule has 34 heavy (non-hydrogen) atoms. The lowest BCUT2D eigenvalue weighted by Crippen LogP contribution is -2.43. The average molecular weight is 480 g/mol. The van der Waals surface area contributed by atoms with E-state index in [9.17, 15) is 4.79 Å². The lowest BCUT2D eigenvalue weighted by molar-refractivity contribution is 0.0319. The number of morpholine rings is 1. The van der Waals surface area contributed by atoms with Crippen molar-refractivity contribution in [3.05, 3.63) is 80.8 Å². The van der Waals surface area contributed by atoms with Gasteiger partial charge < -0.3 is 14.4 Å². The fourth-order valence-corrected chi connectivity index (χ4v) is 4.65. The fraction of sp³-hybridized carbons (Fsp3) is 0.407. The number of amides is 1. The number of carbonyl (C=O) groups excluding carboxylic acids is 1. The molecule has 2 aromatic carbocycles. The molecule has 1 saturated heterocycles. The van der Waals surface area contributed by atoms with Gasteiger partial charge >= 0.3 is 0 Å². The van der Waals surface area contributed by atoms with Gasteiger partial charge in [-0.25, -0.2) is 4.98 Å². The predicted octanol–water partition coefficient (Wildman–Crippen LogP) is 4.62. The first-order chi connectivity index (χ1) is 16.5. The van der Waals surface area contributed by atoms with E-state index in [1.54, 1.807) is 11.3 Å². The predicted molar refractivity (Wildman–Crippen MR) is 136 cm³/mol. The van der Waals surface area contributed by atoms with Crippen LogP contribution in [0.2, 0.25) is 0 Å². The van der Waals surface area contributed by atoms with Crippen LogP contribution in [0.15, 0.2) is 47.8 Å². The molecule has 6 nitrogen and oxygen atoms in total. The zero-order valence-electron chi connectivity index (χ0n) is 20.3. The Balaban J connectivity index is 1.42. The number of ether oxygens (including phenoxy) is 2. The van der Waals surface area contributed by atoms with Gasteiger partial charge in [0, 0.05) is 37.1 Å². The zero-order valence-corrected chi connectivity index (χ0v) is 21.1. The van der Waals surface area contributed by atoms with Gasteiger partial charge in [0.15, 0.2) is 0 Å². The van der Waals surface area contributed by atoms with Crippen LogP contribution in [0.5, 0.6) is 5.75 Å². The molecule has 0 saturated carbocycles. The Labute approximate surface area is 206 Å². The van der Waals surface area contributed by atoms with Gasteiger partial charge in [-0.3, -0.25) is 9.69 Å². The molecule has 1 aliphatic rings. The second kappa shape index (κ2) is 11.6. The first kappa shape index (κ1) is 24.4. The number of carbonyl (C=O) groups is 1. The van der Waals surface area contributed by atoms with Crippen molar-refractivity contribution in [1.29, 1.82) is 0 Å². The summed E-state index contributed by atoms with van der Waals surface area (Å²) in [6, 6.07) is 13.9. The molecule has 1 aliphatic heterocycles. The van der Waals surface area contributed by atoms with Gasteiger partial charge in [-0.2, -0.15) is 0 Å². The third kappa shape index (κ3) is 6.44. The number of hydrogen-bond donors (Lipinski definition) is 0. The van der Waals surface area contributed by atoms with E-state index < -0.39 is 0 Å². The fourth-order valence-electron chi connectivity index (χ4n) is 3.95. The third-order valence-corrected chi connectivity index (χ3v) is 7.12. The van der Waals surface area contributed by atoms with Crippen molar-refractivity contribution in [2.24, 2.45) is 0 Å². The highest BCUT2D eigenvalue weighted by Gasteiger charge is 2.21. The van der Waals surface area contributed by atoms with Crippen LogP contribution in [0.3, 0.4) is 0 Å². The van der Waals surface area contributed by atoms with Crippen molar-refractivity contribution in [2.75, 3.05) is 39.4 Å². The SMILES string of the molecule is Cc1ccc(OCc2nc(CN(CCN3CCOCC3)C(=O)c3ccccc3C)cs2)cc1C. The highest BCUT2D eigenvalue weighted by Crippen LogP contribution is 2.20. The Morgan fingerprint density at radius 2 is 1.88 bits per heavy atom. The minimum atomic E-state index is 0.0484. The average Bonchev–Trinajstić information content (AvgIpc) is 3.30. The van der Waals surface area contributed by atoms with Gasteiger partial charge in [-0.15, -0.1) is 11.3 Å². The number of nitrogens with zero attached hydrogens (tertiary/aromatic N) is 3. The number of aromatic nitrogens is 1. The molecule has 1 aromatic heterocycles. The number of aryl methyl sites for hydroxylation is 3. The lowest BCUT2D eigenvalue weighted by Gasteiger charge is -2.30. The summed E-state index contributed by atoms with van der Waals surface area (Å²) in [7, 11) is 0. The third-order valence-electron chi connectivity index (χ3n) is 6.25. The minimum absolute atomic E-state index is 0.0484. The summed E-state index contributed by atoms with van der Waals surface area (Å²) < 4.78 is 11.4. The van der Waals surface area contributed by atoms with Crippen LogP contribution in [0.25, 0.3) is 0 Å². The molecule has 0 aliphatic carbocycles. The summed E-state index contributed by atoms with van der Waals surface area (Å²) in [5.41, 5.74) is 5.09. The molecule has 2 heterocycles. The number of benzene rings is 2. The maximum atomic E-state index is 13.5. The van der Waals surface area contributed by atoms with E-state index in [0.29, 0.717) is 19.7 Å². The van der Waals surface area contributed by atoms with Crippen LogP contribution in [0.4, 0.5) is 0 Å². The molecule has 3 aromatic rings. The summed E-state index contributed by atoms with van der Waals surface area (Å²) in [4.78, 5) is 22.5. The van der Waals surface area contributed by atoms with E-state index in [1.165, 1.54) is 11.1 Å². The molecule has 4 rings (SSSR count). The standard InChI is InChI=1S/C27H33N3O3S/c1-20-8-9-24(16-22(20)3)33-18-26-28-23(19-34-26)17-30(11-10-29-12-14-32-15-13-29)27(31)25-7-5-4-6-21(25)2/h4-9,16,19H,10-15,17-18H2,1-3H3. The van der Waals surface area contributed by atoms with Crippen molar-refractivity contribution in [3.63, 3.8) is 0 Å². The smallest absolute Gasteiger partial charge is 0.254 e. The first-order valence-electron chi connectivity index (χ1n) is 11.8. The van der Waals surface area contributed by atoms with Crippen molar-refractivity contribution < 1.29 is 14.3 Å². The molecule has 7 heteroatoms. The van der Waals surface area contributed by atoms with Gasteiger partial charge in [-0.1, -0.05) is 24.3 Å². The Hall–Kier alpha value is -2.74. The van der Waals surface area contributed by atoms with Gasteiger partial charge in [0.1, 0.15) is 17.4 Å². The monoisotopic (exact) mass is 479 g/mol. The second-order valence-electron chi connectivity index (χ2n) is 8.76. The van der Waals surface area contributed by atoms with Gasteiger partial charge in [0.2, 0.25) is 0 Å². The summed E-state index contributed by atoms with van der Waals surface area (Å²) in [6.45, 7) is 11.9. The highest BCUT2D eigenvalue weighted by atomic mass is 32.1. The molecule has 0 spiro atoms. The van der Waals surface area contributed by atoms with E-state index in [1.807, 2.05) is 47.5 Å².